The maximum atomic E-state index is 12.9. The number of benzene rings is 1. The Morgan fingerprint density at radius 2 is 1.94 bits per heavy atom. The lowest BCUT2D eigenvalue weighted by atomic mass is 10.2. The Labute approximate surface area is 202 Å². The third kappa shape index (κ3) is 4.88. The summed E-state index contributed by atoms with van der Waals surface area (Å²) >= 11 is 0. The molecule has 4 aromatic rings. The first kappa shape index (κ1) is 24.4. The van der Waals surface area contributed by atoms with Crippen molar-refractivity contribution < 1.29 is 19.2 Å². The number of nitrogens with zero attached hydrogens (tertiary/aromatic N) is 6. The number of aliphatic hydroxyl groups excluding tert-OH is 1. The first-order valence-electron chi connectivity index (χ1n) is 10.7. The minimum atomic E-state index is -1.05. The Morgan fingerprint density at radius 1 is 1.22 bits per heavy atom. The maximum Gasteiger partial charge on any atom is 0.433 e. The molecule has 188 valence electrons. The summed E-state index contributed by atoms with van der Waals surface area (Å²) in [7, 11) is 2.81. The van der Waals surface area contributed by atoms with Gasteiger partial charge in [-0.3, -0.25) is 24.0 Å². The van der Waals surface area contributed by atoms with Gasteiger partial charge in [0, 0.05) is 14.1 Å². The maximum absolute atomic E-state index is 12.9. The largest absolute Gasteiger partial charge is 0.491 e. The molecule has 14 nitrogen and oxygen atoms in total. The van der Waals surface area contributed by atoms with Crippen LogP contribution in [0.25, 0.3) is 11.2 Å². The lowest BCUT2D eigenvalue weighted by Gasteiger charge is -2.15. The molecule has 2 N–H and O–H groups in total. The predicted octanol–water partition coefficient (Wildman–Crippen LogP) is 1.13. The van der Waals surface area contributed by atoms with E-state index in [0.717, 1.165) is 10.1 Å². The smallest absolute Gasteiger partial charge is 0.433 e. The van der Waals surface area contributed by atoms with Gasteiger partial charge in [-0.05, 0) is 25.1 Å². The molecule has 3 heterocycles. The molecule has 0 fully saturated rings. The molecule has 1 atom stereocenters. The number of fused-ring (bicyclic) bond motifs is 1. The standard InChI is InChI=1S/C22H23N7O7/c1-13-4-6-15(7-5-13)35-12-14(30)11-28-18-19(26(2)22(32)27(3)20(18)31)24-21(28)25-23-10-16-8-9-17(36-16)29(33)34/h4-10,14,30H,11-12H2,1-3H3,(H,24,25). The zero-order chi connectivity index (χ0) is 26.0. The van der Waals surface area contributed by atoms with Crippen LogP contribution >= 0.6 is 0 Å². The van der Waals surface area contributed by atoms with Crippen LogP contribution < -0.4 is 21.4 Å². The number of hydrogen-bond acceptors (Lipinski definition) is 10. The molecule has 4 rings (SSSR count). The lowest BCUT2D eigenvalue weighted by Crippen LogP contribution is -2.38. The van der Waals surface area contributed by atoms with Crippen LogP contribution in [0.5, 0.6) is 5.75 Å². The number of anilines is 1. The summed E-state index contributed by atoms with van der Waals surface area (Å²) in [4.78, 5) is 39.7. The highest BCUT2D eigenvalue weighted by atomic mass is 16.6. The number of hydrogen-bond donors (Lipinski definition) is 2. The quantitative estimate of drug-likeness (QED) is 0.195. The van der Waals surface area contributed by atoms with Crippen LogP contribution in [-0.2, 0) is 20.6 Å². The summed E-state index contributed by atoms with van der Waals surface area (Å²) in [5, 5.41) is 25.4. The van der Waals surface area contributed by atoms with Gasteiger partial charge in [0.15, 0.2) is 16.9 Å². The molecule has 0 amide bonds. The van der Waals surface area contributed by atoms with Crippen LogP contribution in [0.15, 0.2) is 55.5 Å². The molecule has 0 aliphatic heterocycles. The fourth-order valence-corrected chi connectivity index (χ4v) is 3.46. The van der Waals surface area contributed by atoms with E-state index in [-0.39, 0.29) is 36.0 Å². The average molecular weight is 497 g/mol. The van der Waals surface area contributed by atoms with Gasteiger partial charge in [0.05, 0.1) is 18.8 Å². The van der Waals surface area contributed by atoms with Crippen molar-refractivity contribution in [3.8, 4) is 5.75 Å². The molecule has 3 aromatic heterocycles. The summed E-state index contributed by atoms with van der Waals surface area (Å²) in [6.45, 7) is 1.76. The van der Waals surface area contributed by atoms with Gasteiger partial charge in [-0.1, -0.05) is 17.7 Å². The molecule has 0 aliphatic rings. The van der Waals surface area contributed by atoms with Gasteiger partial charge >= 0.3 is 11.6 Å². The number of aliphatic hydroxyl groups is 1. The number of aryl methyl sites for hydroxylation is 2. The molecule has 36 heavy (non-hydrogen) atoms. The van der Waals surface area contributed by atoms with Crippen molar-refractivity contribution in [1.29, 1.82) is 0 Å². The number of imidazole rings is 1. The predicted molar refractivity (Wildman–Crippen MR) is 129 cm³/mol. The minimum Gasteiger partial charge on any atom is -0.491 e. The number of ether oxygens (including phenoxy) is 1. The van der Waals surface area contributed by atoms with Gasteiger partial charge in [-0.25, -0.2) is 10.2 Å². The van der Waals surface area contributed by atoms with Crippen molar-refractivity contribution in [3.05, 3.63) is 78.7 Å². The highest BCUT2D eigenvalue weighted by molar-refractivity contribution is 5.78. The number of furan rings is 1. The molecular weight excluding hydrogens is 474 g/mol. The van der Waals surface area contributed by atoms with Crippen LogP contribution in [0.4, 0.5) is 11.8 Å². The SMILES string of the molecule is Cc1ccc(OCC(O)Cn2c(NN=Cc3ccc([N+](=O)[O-])o3)nc3c2c(=O)n(C)c(=O)n3C)cc1. The highest BCUT2D eigenvalue weighted by Gasteiger charge is 2.21. The van der Waals surface area contributed by atoms with E-state index < -0.39 is 28.2 Å². The summed E-state index contributed by atoms with van der Waals surface area (Å²) in [5.41, 5.74) is 2.69. The van der Waals surface area contributed by atoms with E-state index >= 15 is 0 Å². The Kier molecular flexibility index (Phi) is 6.69. The van der Waals surface area contributed by atoms with Gasteiger partial charge in [-0.15, -0.1) is 0 Å². The molecule has 0 saturated carbocycles. The normalized spacial score (nSPS) is 12.3. The van der Waals surface area contributed by atoms with Crippen molar-refractivity contribution in [2.75, 3.05) is 12.0 Å². The van der Waals surface area contributed by atoms with Gasteiger partial charge < -0.3 is 18.8 Å². The fraction of sp³-hybridized carbons (Fsp3) is 0.273. The van der Waals surface area contributed by atoms with Crippen molar-refractivity contribution in [2.24, 2.45) is 19.2 Å². The number of hydrazone groups is 1. The van der Waals surface area contributed by atoms with Gasteiger partial charge in [-0.2, -0.15) is 10.1 Å². The van der Waals surface area contributed by atoms with E-state index in [1.54, 1.807) is 12.1 Å². The summed E-state index contributed by atoms with van der Waals surface area (Å²) in [6.07, 6.45) is 0.132. The van der Waals surface area contributed by atoms with E-state index in [1.165, 1.54) is 41.6 Å². The first-order valence-corrected chi connectivity index (χ1v) is 10.7. The summed E-state index contributed by atoms with van der Waals surface area (Å²) in [6, 6.07) is 9.85. The van der Waals surface area contributed by atoms with Crippen LogP contribution in [0, 0.1) is 17.0 Å². The molecular formula is C22H23N7O7. The van der Waals surface area contributed by atoms with Gasteiger partial charge in [0.25, 0.3) is 5.56 Å². The number of aromatic nitrogens is 4. The van der Waals surface area contributed by atoms with Crippen LogP contribution in [0.3, 0.4) is 0 Å². The van der Waals surface area contributed by atoms with E-state index in [0.29, 0.717) is 5.75 Å². The molecule has 14 heteroatoms. The molecule has 1 aromatic carbocycles. The zero-order valence-corrected chi connectivity index (χ0v) is 19.6. The molecule has 0 saturated heterocycles. The van der Waals surface area contributed by atoms with Crippen molar-refractivity contribution in [1.82, 2.24) is 18.7 Å². The lowest BCUT2D eigenvalue weighted by molar-refractivity contribution is -0.402. The molecule has 1 unspecified atom stereocenters. The Morgan fingerprint density at radius 3 is 2.61 bits per heavy atom. The van der Waals surface area contributed by atoms with E-state index in [9.17, 15) is 24.8 Å². The fourth-order valence-electron chi connectivity index (χ4n) is 3.46. The monoisotopic (exact) mass is 497 g/mol. The van der Waals surface area contributed by atoms with Crippen LogP contribution in [0.2, 0.25) is 0 Å². The van der Waals surface area contributed by atoms with E-state index in [4.69, 9.17) is 9.15 Å². The Hall–Kier alpha value is -4.72. The minimum absolute atomic E-state index is 0.0509. The van der Waals surface area contributed by atoms with Crippen LogP contribution in [0.1, 0.15) is 11.3 Å². The molecule has 0 bridgehead atoms. The third-order valence-corrected chi connectivity index (χ3v) is 5.35. The van der Waals surface area contributed by atoms with Crippen LogP contribution in [-0.4, -0.2) is 47.6 Å². The first-order chi connectivity index (χ1) is 17.2. The molecule has 0 spiro atoms. The van der Waals surface area contributed by atoms with Crippen molar-refractivity contribution in [3.63, 3.8) is 0 Å². The second kappa shape index (κ2) is 9.87. The van der Waals surface area contributed by atoms with Gasteiger partial charge in [0.2, 0.25) is 5.95 Å². The zero-order valence-electron chi connectivity index (χ0n) is 19.6. The molecule has 0 radical (unpaired) electrons. The third-order valence-electron chi connectivity index (χ3n) is 5.35. The van der Waals surface area contributed by atoms with E-state index in [1.807, 2.05) is 19.1 Å². The topological polar surface area (TPSA) is 172 Å². The highest BCUT2D eigenvalue weighted by Crippen LogP contribution is 2.18. The summed E-state index contributed by atoms with van der Waals surface area (Å²) < 4.78 is 14.2. The second-order valence-electron chi connectivity index (χ2n) is 8.00. The average Bonchev–Trinajstić information content (AvgIpc) is 3.47. The van der Waals surface area contributed by atoms with E-state index in [2.05, 4.69) is 15.5 Å². The number of nitrogens with one attached hydrogen (secondary N) is 1. The molecule has 0 aliphatic carbocycles. The number of nitro groups is 1. The number of rotatable bonds is 9. The second-order valence-corrected chi connectivity index (χ2v) is 8.00. The Balaban J connectivity index is 1.64. The van der Waals surface area contributed by atoms with Crippen molar-refractivity contribution in [2.45, 2.75) is 19.6 Å². The van der Waals surface area contributed by atoms with Crippen molar-refractivity contribution >= 4 is 29.2 Å². The Bertz CT molecular complexity index is 1560. The summed E-state index contributed by atoms with van der Waals surface area (Å²) in [5.74, 6) is 0.282. The van der Waals surface area contributed by atoms with Gasteiger partial charge in [0.1, 0.15) is 23.4 Å².